The predicted molar refractivity (Wildman–Crippen MR) is 153 cm³/mol. The second-order valence-corrected chi connectivity index (χ2v) is 9.94. The van der Waals surface area contributed by atoms with Gasteiger partial charge in [-0.1, -0.05) is 80.1 Å². The molecule has 8 aromatic rings. The standard InChI is InChI=1S/C33H25N3/c1-2-3-18-36-27-13-5-4-10-23(27)26-19-22(16-17-28(26)36)33-34-31-24-11-6-8-20-14-15-21-9-7-12-25(32(31)35-33)30(21)29(20)24/h4-17,19H,2-3,18H2,1H3,(H,34,35). The molecule has 36 heavy (non-hydrogen) atoms. The highest BCUT2D eigenvalue weighted by molar-refractivity contribution is 6.32. The summed E-state index contributed by atoms with van der Waals surface area (Å²) in [5.74, 6) is 0.925. The Bertz CT molecular complexity index is 2000. The molecule has 0 fully saturated rings. The molecule has 0 radical (unpaired) electrons. The van der Waals surface area contributed by atoms with E-state index in [4.69, 9.17) is 4.98 Å². The van der Waals surface area contributed by atoms with E-state index in [9.17, 15) is 0 Å². The van der Waals surface area contributed by atoms with Crippen molar-refractivity contribution in [3.05, 3.63) is 91.0 Å². The normalized spacial score (nSPS) is 12.4. The summed E-state index contributed by atoms with van der Waals surface area (Å²) >= 11 is 0. The number of hydrogen-bond acceptors (Lipinski definition) is 1. The highest BCUT2D eigenvalue weighted by atomic mass is 15.0. The minimum absolute atomic E-state index is 0.925. The number of aryl methyl sites for hydroxylation is 1. The number of nitrogens with zero attached hydrogens (tertiary/aromatic N) is 2. The molecule has 0 saturated carbocycles. The molecule has 0 bridgehead atoms. The molecule has 6 aromatic carbocycles. The van der Waals surface area contributed by atoms with Gasteiger partial charge < -0.3 is 9.55 Å². The molecule has 0 aliphatic carbocycles. The number of hydrogen-bond donors (Lipinski definition) is 1. The average molecular weight is 464 g/mol. The second-order valence-electron chi connectivity index (χ2n) is 9.94. The largest absolute Gasteiger partial charge is 0.340 e. The Morgan fingerprint density at radius 3 is 2.25 bits per heavy atom. The Morgan fingerprint density at radius 1 is 0.694 bits per heavy atom. The first-order valence-corrected chi connectivity index (χ1v) is 12.9. The average Bonchev–Trinajstić information content (AvgIpc) is 3.51. The van der Waals surface area contributed by atoms with Crippen molar-refractivity contribution >= 4 is 65.2 Å². The van der Waals surface area contributed by atoms with E-state index in [0.29, 0.717) is 0 Å². The van der Waals surface area contributed by atoms with Crippen molar-refractivity contribution in [3.63, 3.8) is 0 Å². The molecule has 2 aromatic heterocycles. The Kier molecular flexibility index (Phi) is 4.04. The molecule has 8 rings (SSSR count). The number of aromatic nitrogens is 3. The van der Waals surface area contributed by atoms with E-state index in [1.807, 2.05) is 0 Å². The van der Waals surface area contributed by atoms with Gasteiger partial charge in [0, 0.05) is 44.7 Å². The lowest BCUT2D eigenvalue weighted by Crippen LogP contribution is -1.96. The van der Waals surface area contributed by atoms with Crippen molar-refractivity contribution in [1.29, 1.82) is 0 Å². The Morgan fingerprint density at radius 2 is 1.42 bits per heavy atom. The van der Waals surface area contributed by atoms with E-state index >= 15 is 0 Å². The molecule has 1 N–H and O–H groups in total. The van der Waals surface area contributed by atoms with Gasteiger partial charge in [0.25, 0.3) is 0 Å². The first-order valence-electron chi connectivity index (χ1n) is 12.9. The van der Waals surface area contributed by atoms with Crippen LogP contribution in [0.4, 0.5) is 0 Å². The van der Waals surface area contributed by atoms with E-state index in [0.717, 1.165) is 29.0 Å². The number of fused-ring (bicyclic) bond motifs is 6. The van der Waals surface area contributed by atoms with Gasteiger partial charge in [-0.2, -0.15) is 0 Å². The molecular formula is C33H25N3. The minimum Gasteiger partial charge on any atom is -0.340 e. The summed E-state index contributed by atoms with van der Waals surface area (Å²) in [6, 6.07) is 33.2. The van der Waals surface area contributed by atoms with Crippen LogP contribution in [0, 0.1) is 0 Å². The second kappa shape index (κ2) is 7.32. The maximum absolute atomic E-state index is 5.21. The van der Waals surface area contributed by atoms with E-state index in [1.165, 1.54) is 67.0 Å². The number of rotatable bonds is 4. The van der Waals surface area contributed by atoms with Gasteiger partial charge in [0.1, 0.15) is 5.82 Å². The van der Waals surface area contributed by atoms with Crippen molar-refractivity contribution in [2.75, 3.05) is 0 Å². The molecule has 0 aliphatic rings. The zero-order valence-corrected chi connectivity index (χ0v) is 20.2. The number of unbranched alkanes of at least 4 members (excludes halogenated alkanes) is 1. The lowest BCUT2D eigenvalue weighted by atomic mass is 9.93. The number of imidazole rings is 1. The molecule has 3 heteroatoms. The van der Waals surface area contributed by atoms with Gasteiger partial charge in [-0.15, -0.1) is 0 Å². The molecule has 2 heterocycles. The van der Waals surface area contributed by atoms with Gasteiger partial charge in [-0.05, 0) is 52.2 Å². The third-order valence-electron chi connectivity index (χ3n) is 7.90. The SMILES string of the molecule is CCCCn1c2ccccc2c2cc(-c3nc4c5cccc6ccc7cccc(c4[nH]3)c7c65)ccc21. The Balaban J connectivity index is 1.42. The number of H-pyrrole nitrogens is 1. The quantitative estimate of drug-likeness (QED) is 0.260. The maximum atomic E-state index is 5.21. The van der Waals surface area contributed by atoms with Crippen LogP contribution in [0.15, 0.2) is 91.0 Å². The van der Waals surface area contributed by atoms with E-state index in [-0.39, 0.29) is 0 Å². The number of para-hydroxylation sites is 1. The van der Waals surface area contributed by atoms with Gasteiger partial charge in [-0.25, -0.2) is 4.98 Å². The Hall–Kier alpha value is -4.37. The summed E-state index contributed by atoms with van der Waals surface area (Å²) in [4.78, 5) is 8.94. The molecule has 0 unspecified atom stereocenters. The van der Waals surface area contributed by atoms with E-state index in [2.05, 4.69) is 107 Å². The third-order valence-corrected chi connectivity index (χ3v) is 7.90. The van der Waals surface area contributed by atoms with Gasteiger partial charge in [-0.3, -0.25) is 0 Å². The number of aromatic amines is 1. The third kappa shape index (κ3) is 2.60. The summed E-state index contributed by atoms with van der Waals surface area (Å²) in [5, 5.41) is 10.2. The summed E-state index contributed by atoms with van der Waals surface area (Å²) < 4.78 is 2.48. The van der Waals surface area contributed by atoms with E-state index in [1.54, 1.807) is 0 Å². The summed E-state index contributed by atoms with van der Waals surface area (Å²) in [6.45, 7) is 3.30. The fourth-order valence-corrected chi connectivity index (χ4v) is 6.22. The molecule has 0 saturated heterocycles. The maximum Gasteiger partial charge on any atom is 0.138 e. The van der Waals surface area contributed by atoms with Gasteiger partial charge in [0.15, 0.2) is 0 Å². The highest BCUT2D eigenvalue weighted by Gasteiger charge is 2.18. The van der Waals surface area contributed by atoms with Crippen LogP contribution >= 0.6 is 0 Å². The van der Waals surface area contributed by atoms with Crippen molar-refractivity contribution in [2.24, 2.45) is 0 Å². The lowest BCUT2D eigenvalue weighted by molar-refractivity contribution is 0.665. The lowest BCUT2D eigenvalue weighted by Gasteiger charge is -2.11. The summed E-state index contributed by atoms with van der Waals surface area (Å²) in [6.07, 6.45) is 2.37. The van der Waals surface area contributed by atoms with Crippen LogP contribution in [0.5, 0.6) is 0 Å². The van der Waals surface area contributed by atoms with Crippen LogP contribution in [-0.4, -0.2) is 14.5 Å². The molecule has 0 spiro atoms. The number of nitrogens with one attached hydrogen (secondary N) is 1. The van der Waals surface area contributed by atoms with Crippen molar-refractivity contribution < 1.29 is 0 Å². The van der Waals surface area contributed by atoms with Crippen LogP contribution in [-0.2, 0) is 6.54 Å². The van der Waals surface area contributed by atoms with Crippen LogP contribution in [0.3, 0.4) is 0 Å². The zero-order chi connectivity index (χ0) is 23.8. The van der Waals surface area contributed by atoms with Crippen LogP contribution < -0.4 is 0 Å². The molecule has 0 amide bonds. The monoisotopic (exact) mass is 463 g/mol. The summed E-state index contributed by atoms with van der Waals surface area (Å²) in [7, 11) is 0. The number of benzene rings is 6. The first-order chi connectivity index (χ1) is 17.8. The minimum atomic E-state index is 0.925. The van der Waals surface area contributed by atoms with Gasteiger partial charge >= 0.3 is 0 Å². The van der Waals surface area contributed by atoms with Gasteiger partial charge in [0.2, 0.25) is 0 Å². The predicted octanol–water partition coefficient (Wildman–Crippen LogP) is 9.04. The fraction of sp³-hybridized carbons (Fsp3) is 0.121. The Labute approximate surface area is 208 Å². The first kappa shape index (κ1) is 19.9. The van der Waals surface area contributed by atoms with Crippen LogP contribution in [0.2, 0.25) is 0 Å². The van der Waals surface area contributed by atoms with Crippen LogP contribution in [0.25, 0.3) is 76.5 Å². The van der Waals surface area contributed by atoms with Gasteiger partial charge in [0.05, 0.1) is 11.0 Å². The molecular weight excluding hydrogens is 438 g/mol. The fourth-order valence-electron chi connectivity index (χ4n) is 6.22. The molecule has 0 atom stereocenters. The molecule has 3 nitrogen and oxygen atoms in total. The summed E-state index contributed by atoms with van der Waals surface area (Å²) in [5.41, 5.74) is 5.90. The van der Waals surface area contributed by atoms with Crippen molar-refractivity contribution in [2.45, 2.75) is 26.3 Å². The smallest absolute Gasteiger partial charge is 0.138 e. The highest BCUT2D eigenvalue weighted by Crippen LogP contribution is 2.41. The molecule has 172 valence electrons. The van der Waals surface area contributed by atoms with Crippen molar-refractivity contribution in [3.8, 4) is 11.4 Å². The zero-order valence-electron chi connectivity index (χ0n) is 20.2. The molecule has 0 aliphatic heterocycles. The van der Waals surface area contributed by atoms with E-state index < -0.39 is 0 Å². The van der Waals surface area contributed by atoms with Crippen molar-refractivity contribution in [1.82, 2.24) is 14.5 Å². The van der Waals surface area contributed by atoms with Crippen LogP contribution in [0.1, 0.15) is 19.8 Å². The topological polar surface area (TPSA) is 33.6 Å².